The lowest BCUT2D eigenvalue weighted by Gasteiger charge is -2.04. The number of hydrogen-bond donors (Lipinski definition) is 2. The molecule has 1 fully saturated rings. The van der Waals surface area contributed by atoms with E-state index in [1.54, 1.807) is 0 Å². The molecule has 1 saturated carbocycles. The molecule has 0 aromatic carbocycles. The molecule has 70 valence electrons. The van der Waals surface area contributed by atoms with Gasteiger partial charge in [-0.3, -0.25) is 5.10 Å². The molecule has 3 nitrogen and oxygen atoms in total. The average Bonchev–Trinajstić information content (AvgIpc) is 2.58. The second kappa shape index (κ2) is 2.35. The zero-order chi connectivity index (χ0) is 8.89. The summed E-state index contributed by atoms with van der Waals surface area (Å²) in [5, 5.41) is 17.1. The number of rotatable bonds is 2. The molecule has 1 aromatic rings. The minimum Gasteiger partial charge on any atom is -0.389 e. The molecule has 2 aliphatic rings. The Balaban J connectivity index is 1.88. The molecule has 0 aliphatic heterocycles. The smallest absolute Gasteiger partial charge is 0.0706 e. The molecule has 0 bridgehead atoms. The molecule has 2 N–H and O–H groups in total. The summed E-state index contributed by atoms with van der Waals surface area (Å²) >= 11 is 0. The van der Waals surface area contributed by atoms with Gasteiger partial charge in [-0.1, -0.05) is 0 Å². The van der Waals surface area contributed by atoms with Crippen molar-refractivity contribution in [3.63, 3.8) is 0 Å². The average molecular weight is 178 g/mol. The molecule has 0 spiro atoms. The van der Waals surface area contributed by atoms with E-state index in [-0.39, 0.29) is 0 Å². The molecule has 0 radical (unpaired) electrons. The van der Waals surface area contributed by atoms with E-state index in [0.717, 1.165) is 37.8 Å². The number of aryl methyl sites for hydroxylation is 1. The van der Waals surface area contributed by atoms with Crippen molar-refractivity contribution in [2.75, 3.05) is 0 Å². The normalized spacial score (nSPS) is 23.2. The molecule has 0 unspecified atom stereocenters. The first-order chi connectivity index (χ1) is 6.27. The Hall–Kier alpha value is -0.830. The number of hydrogen-bond acceptors (Lipinski definition) is 2. The van der Waals surface area contributed by atoms with E-state index < -0.39 is 5.60 Å². The van der Waals surface area contributed by atoms with Crippen molar-refractivity contribution < 1.29 is 5.11 Å². The van der Waals surface area contributed by atoms with Crippen molar-refractivity contribution in [2.45, 2.75) is 44.1 Å². The SMILES string of the molecule is OC1(Cc2n[nH]c3c2CCC3)CC1. The van der Waals surface area contributed by atoms with Crippen molar-refractivity contribution in [1.82, 2.24) is 10.2 Å². The Morgan fingerprint density at radius 1 is 1.38 bits per heavy atom. The van der Waals surface area contributed by atoms with Gasteiger partial charge in [0.15, 0.2) is 0 Å². The van der Waals surface area contributed by atoms with Crippen molar-refractivity contribution >= 4 is 0 Å². The number of aliphatic hydroxyl groups is 1. The van der Waals surface area contributed by atoms with Crippen molar-refractivity contribution in [3.8, 4) is 0 Å². The number of nitrogens with zero attached hydrogens (tertiary/aromatic N) is 1. The fourth-order valence-corrected chi connectivity index (χ4v) is 2.17. The molecule has 1 aromatic heterocycles. The first kappa shape index (κ1) is 7.56. The van der Waals surface area contributed by atoms with E-state index in [1.165, 1.54) is 17.7 Å². The summed E-state index contributed by atoms with van der Waals surface area (Å²) < 4.78 is 0. The second-order valence-corrected chi connectivity index (χ2v) is 4.38. The maximum absolute atomic E-state index is 9.78. The quantitative estimate of drug-likeness (QED) is 0.708. The number of aromatic amines is 1. The lowest BCUT2D eigenvalue weighted by atomic mass is 10.1. The van der Waals surface area contributed by atoms with E-state index in [4.69, 9.17) is 0 Å². The minimum absolute atomic E-state index is 0.397. The maximum atomic E-state index is 9.78. The van der Waals surface area contributed by atoms with Crippen LogP contribution >= 0.6 is 0 Å². The van der Waals surface area contributed by atoms with Gasteiger partial charge in [0.2, 0.25) is 0 Å². The highest BCUT2D eigenvalue weighted by molar-refractivity contribution is 5.31. The van der Waals surface area contributed by atoms with Crippen LogP contribution in [-0.2, 0) is 19.3 Å². The summed E-state index contributed by atoms with van der Waals surface area (Å²) in [7, 11) is 0. The summed E-state index contributed by atoms with van der Waals surface area (Å²) in [5.74, 6) is 0. The Morgan fingerprint density at radius 3 is 3.00 bits per heavy atom. The number of aromatic nitrogens is 2. The summed E-state index contributed by atoms with van der Waals surface area (Å²) in [6.07, 6.45) is 6.20. The van der Waals surface area contributed by atoms with Crippen LogP contribution in [-0.4, -0.2) is 20.9 Å². The van der Waals surface area contributed by atoms with Crippen LogP contribution in [0.1, 0.15) is 36.2 Å². The molecule has 13 heavy (non-hydrogen) atoms. The van der Waals surface area contributed by atoms with Crippen LogP contribution in [0.5, 0.6) is 0 Å². The van der Waals surface area contributed by atoms with Gasteiger partial charge in [-0.2, -0.15) is 5.10 Å². The number of fused-ring (bicyclic) bond motifs is 1. The molecule has 0 saturated heterocycles. The lowest BCUT2D eigenvalue weighted by molar-refractivity contribution is 0.149. The van der Waals surface area contributed by atoms with Crippen LogP contribution in [0, 0.1) is 0 Å². The highest BCUT2D eigenvalue weighted by atomic mass is 16.3. The van der Waals surface area contributed by atoms with Gasteiger partial charge < -0.3 is 5.11 Å². The molecular weight excluding hydrogens is 164 g/mol. The Morgan fingerprint density at radius 2 is 2.23 bits per heavy atom. The lowest BCUT2D eigenvalue weighted by Crippen LogP contribution is -2.12. The standard InChI is InChI=1S/C10H14N2O/c13-10(4-5-10)6-9-7-2-1-3-8(7)11-12-9/h13H,1-6H2,(H,11,12). The number of H-pyrrole nitrogens is 1. The van der Waals surface area contributed by atoms with Crippen LogP contribution in [0.2, 0.25) is 0 Å². The molecular formula is C10H14N2O. The van der Waals surface area contributed by atoms with Gasteiger partial charge in [-0.15, -0.1) is 0 Å². The molecule has 3 heteroatoms. The van der Waals surface area contributed by atoms with Gasteiger partial charge in [0.1, 0.15) is 0 Å². The fraction of sp³-hybridized carbons (Fsp3) is 0.700. The zero-order valence-electron chi connectivity index (χ0n) is 7.64. The predicted octanol–water partition coefficient (Wildman–Crippen LogP) is 0.966. The maximum Gasteiger partial charge on any atom is 0.0706 e. The highest BCUT2D eigenvalue weighted by Gasteiger charge is 2.41. The van der Waals surface area contributed by atoms with Gasteiger partial charge in [0.05, 0.1) is 11.3 Å². The topological polar surface area (TPSA) is 48.9 Å². The van der Waals surface area contributed by atoms with E-state index in [9.17, 15) is 5.11 Å². The van der Waals surface area contributed by atoms with Crippen LogP contribution < -0.4 is 0 Å². The second-order valence-electron chi connectivity index (χ2n) is 4.38. The zero-order valence-corrected chi connectivity index (χ0v) is 7.64. The van der Waals surface area contributed by atoms with Crippen LogP contribution in [0.15, 0.2) is 0 Å². The van der Waals surface area contributed by atoms with Gasteiger partial charge in [0.25, 0.3) is 0 Å². The Bertz CT molecular complexity index is 339. The van der Waals surface area contributed by atoms with Crippen LogP contribution in [0.25, 0.3) is 0 Å². The van der Waals surface area contributed by atoms with Gasteiger partial charge in [-0.25, -0.2) is 0 Å². The first-order valence-corrected chi connectivity index (χ1v) is 5.04. The Kier molecular flexibility index (Phi) is 1.37. The molecule has 1 heterocycles. The molecule has 0 amide bonds. The monoisotopic (exact) mass is 178 g/mol. The van der Waals surface area contributed by atoms with Crippen LogP contribution in [0.3, 0.4) is 0 Å². The fourth-order valence-electron chi connectivity index (χ4n) is 2.17. The third-order valence-electron chi connectivity index (χ3n) is 3.22. The first-order valence-electron chi connectivity index (χ1n) is 5.04. The Labute approximate surface area is 77.2 Å². The largest absolute Gasteiger partial charge is 0.389 e. The van der Waals surface area contributed by atoms with Crippen molar-refractivity contribution in [1.29, 1.82) is 0 Å². The van der Waals surface area contributed by atoms with Gasteiger partial charge in [0, 0.05) is 12.1 Å². The van der Waals surface area contributed by atoms with Crippen molar-refractivity contribution in [2.24, 2.45) is 0 Å². The van der Waals surface area contributed by atoms with Gasteiger partial charge >= 0.3 is 0 Å². The highest BCUT2D eigenvalue weighted by Crippen LogP contribution is 2.39. The number of nitrogens with one attached hydrogen (secondary N) is 1. The van der Waals surface area contributed by atoms with E-state index in [0.29, 0.717) is 0 Å². The minimum atomic E-state index is -0.397. The summed E-state index contributed by atoms with van der Waals surface area (Å²) in [5.41, 5.74) is 3.41. The molecule has 3 rings (SSSR count). The predicted molar refractivity (Wildman–Crippen MR) is 48.5 cm³/mol. The van der Waals surface area contributed by atoms with E-state index in [1.807, 2.05) is 0 Å². The summed E-state index contributed by atoms with van der Waals surface area (Å²) in [6.45, 7) is 0. The summed E-state index contributed by atoms with van der Waals surface area (Å²) in [4.78, 5) is 0. The molecule has 2 aliphatic carbocycles. The molecule has 0 atom stereocenters. The van der Waals surface area contributed by atoms with E-state index in [2.05, 4.69) is 10.2 Å². The third kappa shape index (κ3) is 1.18. The summed E-state index contributed by atoms with van der Waals surface area (Å²) in [6, 6.07) is 0. The van der Waals surface area contributed by atoms with E-state index >= 15 is 0 Å². The van der Waals surface area contributed by atoms with Crippen LogP contribution in [0.4, 0.5) is 0 Å². The third-order valence-corrected chi connectivity index (χ3v) is 3.22. The van der Waals surface area contributed by atoms with Gasteiger partial charge in [-0.05, 0) is 37.7 Å². The van der Waals surface area contributed by atoms with Crippen molar-refractivity contribution in [3.05, 3.63) is 17.0 Å².